The summed E-state index contributed by atoms with van der Waals surface area (Å²) in [6.45, 7) is 3.95. The number of fused-ring (bicyclic) bond motifs is 1. The van der Waals surface area contributed by atoms with Crippen LogP contribution in [-0.2, 0) is 9.53 Å². The summed E-state index contributed by atoms with van der Waals surface area (Å²) in [6, 6.07) is 5.21. The molecule has 21 heavy (non-hydrogen) atoms. The third kappa shape index (κ3) is 2.52. The van der Waals surface area contributed by atoms with Gasteiger partial charge in [-0.2, -0.15) is 0 Å². The first-order chi connectivity index (χ1) is 10.1. The van der Waals surface area contributed by atoms with Crippen LogP contribution in [0.3, 0.4) is 0 Å². The van der Waals surface area contributed by atoms with Crippen molar-refractivity contribution in [2.24, 2.45) is 5.92 Å². The molecular weight excluding hydrogens is 272 g/mol. The number of hydrogen-bond donors (Lipinski definition) is 1. The van der Waals surface area contributed by atoms with Crippen LogP contribution >= 0.6 is 0 Å². The predicted octanol–water partition coefficient (Wildman–Crippen LogP) is -0.00290. The van der Waals surface area contributed by atoms with Gasteiger partial charge in [-0.05, 0) is 19.1 Å². The molecule has 1 saturated heterocycles. The lowest BCUT2D eigenvalue weighted by molar-refractivity contribution is -0.255. The summed E-state index contributed by atoms with van der Waals surface area (Å²) < 4.78 is 10.8. The molecule has 2 amide bonds. The highest BCUT2D eigenvalue weighted by molar-refractivity contribution is 5.86. The Morgan fingerprint density at radius 2 is 2.10 bits per heavy atom. The number of amides is 2. The van der Waals surface area contributed by atoms with Crippen molar-refractivity contribution in [3.8, 4) is 5.75 Å². The first kappa shape index (κ1) is 14.0. The second-order valence-corrected chi connectivity index (χ2v) is 5.47. The van der Waals surface area contributed by atoms with Crippen molar-refractivity contribution in [3.05, 3.63) is 29.3 Å². The first-order valence-electron chi connectivity index (χ1n) is 7.09. The zero-order valence-electron chi connectivity index (χ0n) is 12.0. The molecule has 0 spiro atoms. The third-order valence-electron chi connectivity index (χ3n) is 4.11. The van der Waals surface area contributed by atoms with E-state index < -0.39 is 0 Å². The highest BCUT2D eigenvalue weighted by Gasteiger charge is 2.35. The SMILES string of the molecule is C[C@H]1c2ccc(C([NH3+])=O)cc2OCCN1C(=O)C1COC1. The quantitative estimate of drug-likeness (QED) is 0.831. The van der Waals surface area contributed by atoms with Gasteiger partial charge < -0.3 is 14.4 Å². The van der Waals surface area contributed by atoms with Crippen molar-refractivity contribution < 1.29 is 24.8 Å². The second kappa shape index (κ2) is 5.46. The van der Waals surface area contributed by atoms with Crippen molar-refractivity contribution in [2.45, 2.75) is 13.0 Å². The molecule has 2 heterocycles. The molecule has 0 aromatic heterocycles. The Hall–Kier alpha value is -1.92. The molecule has 0 saturated carbocycles. The van der Waals surface area contributed by atoms with Crippen LogP contribution in [0.2, 0.25) is 0 Å². The molecule has 3 rings (SSSR count). The fourth-order valence-electron chi connectivity index (χ4n) is 2.71. The molecule has 1 aromatic carbocycles. The standard InChI is InChI=1S/C15H18N2O4/c1-9-12-3-2-10(14(16)18)6-13(12)21-5-4-17(9)15(19)11-7-20-8-11/h2-3,6,9,11H,4-5,7-8H2,1H3,(H2,16,18)/p+1/t9-/m0/s1. The average Bonchev–Trinajstić information content (AvgIpc) is 2.56. The number of ether oxygens (including phenoxy) is 2. The van der Waals surface area contributed by atoms with Crippen molar-refractivity contribution >= 4 is 11.8 Å². The molecule has 2 aliphatic rings. The van der Waals surface area contributed by atoms with E-state index in [0.29, 0.717) is 37.7 Å². The smallest absolute Gasteiger partial charge is 0.341 e. The van der Waals surface area contributed by atoms with Gasteiger partial charge in [-0.25, -0.2) is 4.79 Å². The Bertz CT molecular complexity index is 583. The third-order valence-corrected chi connectivity index (χ3v) is 4.11. The number of quaternary nitrogens is 1. The minimum atomic E-state index is -0.238. The molecule has 6 nitrogen and oxygen atoms in total. The van der Waals surface area contributed by atoms with Gasteiger partial charge in [-0.3, -0.25) is 10.5 Å². The van der Waals surface area contributed by atoms with Crippen LogP contribution in [-0.4, -0.2) is 43.1 Å². The van der Waals surface area contributed by atoms with Crippen molar-refractivity contribution in [1.29, 1.82) is 0 Å². The Kier molecular flexibility index (Phi) is 3.65. The van der Waals surface area contributed by atoms with Crippen LogP contribution < -0.4 is 10.5 Å². The summed E-state index contributed by atoms with van der Waals surface area (Å²) in [5.74, 6) is 0.507. The van der Waals surface area contributed by atoms with Gasteiger partial charge in [0, 0.05) is 5.56 Å². The molecule has 0 radical (unpaired) electrons. The number of nitrogens with zero attached hydrogens (tertiary/aromatic N) is 1. The van der Waals surface area contributed by atoms with E-state index in [9.17, 15) is 9.59 Å². The van der Waals surface area contributed by atoms with Crippen molar-refractivity contribution in [2.75, 3.05) is 26.4 Å². The number of hydrogen-bond acceptors (Lipinski definition) is 4. The van der Waals surface area contributed by atoms with E-state index in [1.807, 2.05) is 17.9 Å². The van der Waals surface area contributed by atoms with Crippen LogP contribution in [0.25, 0.3) is 0 Å². The van der Waals surface area contributed by atoms with E-state index in [0.717, 1.165) is 5.56 Å². The Morgan fingerprint density at radius 1 is 1.33 bits per heavy atom. The molecule has 1 atom stereocenters. The molecule has 3 N–H and O–H groups in total. The van der Waals surface area contributed by atoms with Crippen LogP contribution in [0, 0.1) is 5.92 Å². The topological polar surface area (TPSA) is 83.5 Å². The molecule has 6 heteroatoms. The summed E-state index contributed by atoms with van der Waals surface area (Å²) in [5.41, 5.74) is 4.86. The number of carbonyl (C=O) groups excluding carboxylic acids is 2. The lowest BCUT2D eigenvalue weighted by Gasteiger charge is -2.34. The fraction of sp³-hybridized carbons (Fsp3) is 0.467. The van der Waals surface area contributed by atoms with E-state index in [1.165, 1.54) is 0 Å². The molecule has 1 fully saturated rings. The highest BCUT2D eigenvalue weighted by Crippen LogP contribution is 2.33. The maximum Gasteiger partial charge on any atom is 0.341 e. The Balaban J connectivity index is 1.89. The largest absolute Gasteiger partial charge is 0.491 e. The summed E-state index contributed by atoms with van der Waals surface area (Å²) in [7, 11) is 0. The lowest BCUT2D eigenvalue weighted by Crippen LogP contribution is -2.56. The summed E-state index contributed by atoms with van der Waals surface area (Å²) >= 11 is 0. The molecule has 2 aliphatic heterocycles. The summed E-state index contributed by atoms with van der Waals surface area (Å²) in [5, 5.41) is 0. The number of benzene rings is 1. The highest BCUT2D eigenvalue weighted by atomic mass is 16.5. The van der Waals surface area contributed by atoms with E-state index in [1.54, 1.807) is 12.1 Å². The fourth-order valence-corrected chi connectivity index (χ4v) is 2.71. The van der Waals surface area contributed by atoms with Gasteiger partial charge >= 0.3 is 5.91 Å². The molecule has 0 aliphatic carbocycles. The Labute approximate surface area is 122 Å². The molecule has 112 valence electrons. The maximum atomic E-state index is 12.5. The first-order valence-corrected chi connectivity index (χ1v) is 7.09. The van der Waals surface area contributed by atoms with E-state index in [2.05, 4.69) is 5.73 Å². The Morgan fingerprint density at radius 3 is 2.71 bits per heavy atom. The monoisotopic (exact) mass is 291 g/mol. The van der Waals surface area contributed by atoms with Crippen LogP contribution in [0.1, 0.15) is 28.9 Å². The average molecular weight is 291 g/mol. The lowest BCUT2D eigenvalue weighted by atomic mass is 10.0. The molecular formula is C15H19N2O4+. The number of carbonyl (C=O) groups is 2. The predicted molar refractivity (Wildman–Crippen MR) is 73.6 cm³/mol. The second-order valence-electron chi connectivity index (χ2n) is 5.47. The van der Waals surface area contributed by atoms with E-state index in [4.69, 9.17) is 9.47 Å². The van der Waals surface area contributed by atoms with E-state index in [-0.39, 0.29) is 23.8 Å². The van der Waals surface area contributed by atoms with Gasteiger partial charge in [0.15, 0.2) is 0 Å². The van der Waals surface area contributed by atoms with Crippen LogP contribution in [0.5, 0.6) is 5.75 Å². The van der Waals surface area contributed by atoms with Gasteiger partial charge in [0.05, 0.1) is 37.3 Å². The van der Waals surface area contributed by atoms with Crippen LogP contribution in [0.15, 0.2) is 18.2 Å². The van der Waals surface area contributed by atoms with Gasteiger partial charge in [0.25, 0.3) is 0 Å². The molecule has 0 bridgehead atoms. The zero-order chi connectivity index (χ0) is 15.0. The maximum absolute atomic E-state index is 12.5. The normalized spacial score (nSPS) is 21.8. The van der Waals surface area contributed by atoms with Gasteiger partial charge in [0.2, 0.25) is 5.91 Å². The van der Waals surface area contributed by atoms with Crippen LogP contribution in [0.4, 0.5) is 0 Å². The minimum Gasteiger partial charge on any atom is -0.491 e. The minimum absolute atomic E-state index is 0.0327. The van der Waals surface area contributed by atoms with Crippen molar-refractivity contribution in [1.82, 2.24) is 4.90 Å². The molecule has 1 aromatic rings. The summed E-state index contributed by atoms with van der Waals surface area (Å²) in [6.07, 6.45) is 0. The zero-order valence-corrected chi connectivity index (χ0v) is 12.0. The number of rotatable bonds is 2. The van der Waals surface area contributed by atoms with Crippen molar-refractivity contribution in [3.63, 3.8) is 0 Å². The molecule has 0 unspecified atom stereocenters. The summed E-state index contributed by atoms with van der Waals surface area (Å²) in [4.78, 5) is 25.7. The van der Waals surface area contributed by atoms with E-state index >= 15 is 0 Å². The van der Waals surface area contributed by atoms with Gasteiger partial charge in [-0.1, -0.05) is 6.07 Å². The van der Waals surface area contributed by atoms with Gasteiger partial charge in [-0.15, -0.1) is 0 Å². The van der Waals surface area contributed by atoms with Gasteiger partial charge in [0.1, 0.15) is 12.4 Å².